The predicted octanol–water partition coefficient (Wildman–Crippen LogP) is 2.58. The van der Waals surface area contributed by atoms with E-state index < -0.39 is 0 Å². The van der Waals surface area contributed by atoms with Crippen molar-refractivity contribution < 1.29 is 4.79 Å². The highest BCUT2D eigenvalue weighted by Gasteiger charge is 2.09. The number of carbonyl (C=O) groups excluding carboxylic acids is 1. The lowest BCUT2D eigenvalue weighted by Crippen LogP contribution is -2.14. The van der Waals surface area contributed by atoms with Gasteiger partial charge >= 0.3 is 0 Å². The molecule has 0 saturated carbocycles. The third-order valence-corrected chi connectivity index (χ3v) is 5.10. The number of aromatic nitrogens is 6. The fraction of sp³-hybridized carbons (Fsp3) is 0.200. The molecule has 0 saturated heterocycles. The van der Waals surface area contributed by atoms with Gasteiger partial charge in [0, 0.05) is 18.5 Å². The summed E-state index contributed by atoms with van der Waals surface area (Å²) in [4.78, 5) is 31.7. The molecule has 0 fully saturated rings. The number of nitrogens with zero attached hydrogens (tertiary/aromatic N) is 5. The second-order valence-corrected chi connectivity index (χ2v) is 7.33. The Morgan fingerprint density at radius 1 is 1.20 bits per heavy atom. The van der Waals surface area contributed by atoms with Crippen molar-refractivity contribution in [3.63, 3.8) is 0 Å². The number of fused-ring (bicyclic) bond motifs is 1. The van der Waals surface area contributed by atoms with Crippen LogP contribution in [0.1, 0.15) is 18.7 Å². The number of thioether (sulfide) groups is 1. The van der Waals surface area contributed by atoms with Crippen molar-refractivity contribution in [3.05, 3.63) is 64.7 Å². The molecule has 2 heterocycles. The van der Waals surface area contributed by atoms with Crippen LogP contribution < -0.4 is 10.9 Å². The first-order chi connectivity index (χ1) is 14.6. The second kappa shape index (κ2) is 8.87. The molecule has 0 bridgehead atoms. The van der Waals surface area contributed by atoms with E-state index >= 15 is 0 Å². The SMILES string of the molecule is CSc1nnnn1-c1cccc(NC(=O)CCCc2nc3ccccc3c(=O)[nH]2)c1. The van der Waals surface area contributed by atoms with Crippen LogP contribution in [0, 0.1) is 0 Å². The summed E-state index contributed by atoms with van der Waals surface area (Å²) in [6, 6.07) is 14.5. The zero-order valence-electron chi connectivity index (χ0n) is 16.2. The Kier molecular flexibility index (Phi) is 5.84. The molecule has 1 amide bonds. The van der Waals surface area contributed by atoms with Crippen molar-refractivity contribution in [1.29, 1.82) is 0 Å². The number of H-pyrrole nitrogens is 1. The zero-order chi connectivity index (χ0) is 20.9. The number of aryl methyl sites for hydroxylation is 1. The minimum absolute atomic E-state index is 0.114. The van der Waals surface area contributed by atoms with Gasteiger partial charge in [-0.15, -0.1) is 5.10 Å². The van der Waals surface area contributed by atoms with Crippen molar-refractivity contribution in [2.75, 3.05) is 11.6 Å². The number of benzene rings is 2. The van der Waals surface area contributed by atoms with Crippen LogP contribution >= 0.6 is 11.8 Å². The Bertz CT molecular complexity index is 1250. The van der Waals surface area contributed by atoms with Crippen molar-refractivity contribution in [1.82, 2.24) is 30.2 Å². The highest BCUT2D eigenvalue weighted by molar-refractivity contribution is 7.98. The normalized spacial score (nSPS) is 11.0. The van der Waals surface area contributed by atoms with E-state index in [1.54, 1.807) is 22.9 Å². The lowest BCUT2D eigenvalue weighted by molar-refractivity contribution is -0.116. The van der Waals surface area contributed by atoms with Crippen LogP contribution in [0.25, 0.3) is 16.6 Å². The van der Waals surface area contributed by atoms with Crippen molar-refractivity contribution in [2.45, 2.75) is 24.4 Å². The maximum absolute atomic E-state index is 12.3. The lowest BCUT2D eigenvalue weighted by Gasteiger charge is -2.08. The number of rotatable bonds is 7. The Morgan fingerprint density at radius 3 is 2.93 bits per heavy atom. The van der Waals surface area contributed by atoms with Gasteiger partial charge in [-0.2, -0.15) is 4.68 Å². The molecule has 0 aliphatic heterocycles. The van der Waals surface area contributed by atoms with E-state index in [-0.39, 0.29) is 11.5 Å². The van der Waals surface area contributed by atoms with Crippen LogP contribution in [0.5, 0.6) is 0 Å². The van der Waals surface area contributed by atoms with E-state index in [0.717, 1.165) is 5.69 Å². The molecule has 2 aromatic heterocycles. The first-order valence-corrected chi connectivity index (χ1v) is 10.6. The number of nitrogens with one attached hydrogen (secondary N) is 2. The summed E-state index contributed by atoms with van der Waals surface area (Å²) in [7, 11) is 0. The molecule has 30 heavy (non-hydrogen) atoms. The number of carbonyl (C=O) groups is 1. The Morgan fingerprint density at radius 2 is 2.07 bits per heavy atom. The highest BCUT2D eigenvalue weighted by Crippen LogP contribution is 2.19. The number of tetrazole rings is 1. The second-order valence-electron chi connectivity index (χ2n) is 6.56. The van der Waals surface area contributed by atoms with E-state index in [4.69, 9.17) is 0 Å². The Hall–Kier alpha value is -3.53. The number of hydrogen-bond donors (Lipinski definition) is 2. The van der Waals surface area contributed by atoms with E-state index in [2.05, 4.69) is 30.8 Å². The van der Waals surface area contributed by atoms with Gasteiger partial charge in [0.25, 0.3) is 5.56 Å². The van der Waals surface area contributed by atoms with E-state index in [9.17, 15) is 9.59 Å². The first-order valence-electron chi connectivity index (χ1n) is 9.34. The van der Waals surface area contributed by atoms with Crippen LogP contribution in [0.4, 0.5) is 5.69 Å². The van der Waals surface area contributed by atoms with Crippen LogP contribution in [0.15, 0.2) is 58.5 Å². The fourth-order valence-corrected chi connectivity index (χ4v) is 3.51. The standard InChI is InChI=1S/C20H19N7O2S/c1-30-20-24-25-26-27(20)14-7-4-6-13(12-14)21-18(28)11-5-10-17-22-16-9-3-2-8-15(16)19(29)23-17/h2-4,6-9,12H,5,10-11H2,1H3,(H,21,28)(H,22,23,29). The molecule has 2 aromatic carbocycles. The third kappa shape index (κ3) is 4.38. The summed E-state index contributed by atoms with van der Waals surface area (Å²) in [6.45, 7) is 0. The molecule has 0 radical (unpaired) electrons. The largest absolute Gasteiger partial charge is 0.326 e. The molecule has 10 heteroatoms. The van der Waals surface area contributed by atoms with Gasteiger partial charge in [0.15, 0.2) is 0 Å². The summed E-state index contributed by atoms with van der Waals surface area (Å²) in [5.41, 5.74) is 1.92. The fourth-order valence-electron chi connectivity index (χ4n) is 3.08. The maximum atomic E-state index is 12.3. The molecular formula is C20H19N7O2S. The van der Waals surface area contributed by atoms with Gasteiger partial charge in [0.05, 0.1) is 16.6 Å². The molecule has 0 aliphatic rings. The smallest absolute Gasteiger partial charge is 0.258 e. The molecule has 0 unspecified atom stereocenters. The number of aromatic amines is 1. The molecule has 0 aliphatic carbocycles. The van der Waals surface area contributed by atoms with Gasteiger partial charge in [-0.25, -0.2) is 4.98 Å². The zero-order valence-corrected chi connectivity index (χ0v) is 17.0. The van der Waals surface area contributed by atoms with Crippen molar-refractivity contribution in [3.8, 4) is 5.69 Å². The minimum atomic E-state index is -0.163. The van der Waals surface area contributed by atoms with Gasteiger partial charge in [-0.1, -0.05) is 30.0 Å². The summed E-state index contributed by atoms with van der Waals surface area (Å²) >= 11 is 1.44. The van der Waals surface area contributed by atoms with Crippen LogP contribution in [-0.4, -0.2) is 42.3 Å². The maximum Gasteiger partial charge on any atom is 0.258 e. The molecule has 0 spiro atoms. The third-order valence-electron chi connectivity index (χ3n) is 4.48. The highest BCUT2D eigenvalue weighted by atomic mass is 32.2. The quantitative estimate of drug-likeness (QED) is 0.440. The number of hydrogen-bond acceptors (Lipinski definition) is 7. The Labute approximate surface area is 175 Å². The molecule has 9 nitrogen and oxygen atoms in total. The van der Waals surface area contributed by atoms with Gasteiger partial charge in [-0.3, -0.25) is 9.59 Å². The average molecular weight is 421 g/mol. The van der Waals surface area contributed by atoms with Gasteiger partial charge in [0.1, 0.15) is 5.82 Å². The monoisotopic (exact) mass is 421 g/mol. The van der Waals surface area contributed by atoms with Crippen LogP contribution in [0.2, 0.25) is 0 Å². The number of amides is 1. The van der Waals surface area contributed by atoms with E-state index in [1.165, 1.54) is 11.8 Å². The molecule has 152 valence electrons. The summed E-state index contributed by atoms with van der Waals surface area (Å²) in [6.07, 6.45) is 3.28. The van der Waals surface area contributed by atoms with Gasteiger partial charge in [-0.05, 0) is 53.4 Å². The first kappa shape index (κ1) is 19.8. The van der Waals surface area contributed by atoms with Crippen molar-refractivity contribution in [2.24, 2.45) is 0 Å². The molecule has 2 N–H and O–H groups in total. The summed E-state index contributed by atoms with van der Waals surface area (Å²) < 4.78 is 1.61. The number of anilines is 1. The summed E-state index contributed by atoms with van der Waals surface area (Å²) in [5, 5.41) is 15.7. The molecular weight excluding hydrogens is 402 g/mol. The molecule has 0 atom stereocenters. The van der Waals surface area contributed by atoms with Gasteiger partial charge in [0.2, 0.25) is 11.1 Å². The van der Waals surface area contributed by atoms with E-state index in [1.807, 2.05) is 36.6 Å². The van der Waals surface area contributed by atoms with Gasteiger partial charge < -0.3 is 10.3 Å². The van der Waals surface area contributed by atoms with Crippen molar-refractivity contribution >= 4 is 34.3 Å². The Balaban J connectivity index is 1.37. The number of para-hydroxylation sites is 1. The average Bonchev–Trinajstić information content (AvgIpc) is 3.23. The van der Waals surface area contributed by atoms with E-state index in [0.29, 0.717) is 46.8 Å². The van der Waals surface area contributed by atoms with Crippen LogP contribution in [-0.2, 0) is 11.2 Å². The summed E-state index contributed by atoms with van der Waals surface area (Å²) in [5.74, 6) is 0.467. The molecule has 4 aromatic rings. The molecule has 4 rings (SSSR count). The minimum Gasteiger partial charge on any atom is -0.326 e. The topological polar surface area (TPSA) is 118 Å². The predicted molar refractivity (Wildman–Crippen MR) is 115 cm³/mol. The van der Waals surface area contributed by atoms with Crippen LogP contribution in [0.3, 0.4) is 0 Å². The lowest BCUT2D eigenvalue weighted by atomic mass is 10.2.